The Balaban J connectivity index is 2.04. The highest BCUT2D eigenvalue weighted by atomic mass is 32.1. The molecule has 2 aromatic heterocycles. The number of nitrogens with one attached hydrogen (secondary N) is 1. The van der Waals surface area contributed by atoms with Crippen molar-refractivity contribution in [1.29, 1.82) is 0 Å². The monoisotopic (exact) mass is 234 g/mol. The van der Waals surface area contributed by atoms with Gasteiger partial charge in [-0.15, -0.1) is 11.3 Å². The highest BCUT2D eigenvalue weighted by Crippen LogP contribution is 2.11. The molecule has 0 saturated heterocycles. The summed E-state index contributed by atoms with van der Waals surface area (Å²) in [6.45, 7) is 6.58. The smallest absolute Gasteiger partial charge is 0.130 e. The molecule has 1 N–H and O–H groups in total. The predicted octanol–water partition coefficient (Wildman–Crippen LogP) is 2.47. The van der Waals surface area contributed by atoms with Gasteiger partial charge in [0.05, 0.1) is 6.54 Å². The van der Waals surface area contributed by atoms with E-state index >= 15 is 0 Å². The number of hydrogen-bond acceptors (Lipinski definition) is 5. The van der Waals surface area contributed by atoms with E-state index in [1.165, 1.54) is 0 Å². The standard InChI is InChI=1S/C11H14N4S/c1-7-4-10(15-9(3)13-7)12-5-11-14-8(2)6-16-11/h4,6H,5H2,1-3H3,(H,12,13,15). The minimum absolute atomic E-state index is 0.717. The van der Waals surface area contributed by atoms with E-state index in [0.29, 0.717) is 6.54 Å². The van der Waals surface area contributed by atoms with Gasteiger partial charge >= 0.3 is 0 Å². The molecule has 0 aromatic carbocycles. The summed E-state index contributed by atoms with van der Waals surface area (Å²) in [6.07, 6.45) is 0. The topological polar surface area (TPSA) is 50.7 Å². The molecule has 0 fully saturated rings. The molecule has 5 heteroatoms. The van der Waals surface area contributed by atoms with Gasteiger partial charge in [0.15, 0.2) is 0 Å². The molecule has 0 saturated carbocycles. The molecule has 0 atom stereocenters. The van der Waals surface area contributed by atoms with Crippen molar-refractivity contribution in [2.75, 3.05) is 5.32 Å². The van der Waals surface area contributed by atoms with Crippen LogP contribution in [0.5, 0.6) is 0 Å². The molecular weight excluding hydrogens is 220 g/mol. The van der Waals surface area contributed by atoms with Crippen molar-refractivity contribution >= 4 is 17.2 Å². The number of hydrogen-bond donors (Lipinski definition) is 1. The van der Waals surface area contributed by atoms with E-state index in [0.717, 1.165) is 28.0 Å². The summed E-state index contributed by atoms with van der Waals surface area (Å²) in [4.78, 5) is 12.9. The second-order valence-corrected chi connectivity index (χ2v) is 4.62. The molecule has 4 nitrogen and oxygen atoms in total. The summed E-state index contributed by atoms with van der Waals surface area (Å²) in [5.74, 6) is 1.65. The number of anilines is 1. The molecule has 0 unspecified atom stereocenters. The van der Waals surface area contributed by atoms with Crippen LogP contribution in [0.2, 0.25) is 0 Å². The van der Waals surface area contributed by atoms with Gasteiger partial charge in [-0.2, -0.15) is 0 Å². The Morgan fingerprint density at radius 1 is 1.12 bits per heavy atom. The van der Waals surface area contributed by atoms with Gasteiger partial charge in [-0.25, -0.2) is 15.0 Å². The van der Waals surface area contributed by atoms with Crippen LogP contribution >= 0.6 is 11.3 Å². The normalized spacial score (nSPS) is 10.4. The van der Waals surface area contributed by atoms with E-state index in [1.54, 1.807) is 11.3 Å². The first-order valence-corrected chi connectivity index (χ1v) is 5.98. The molecule has 2 aromatic rings. The van der Waals surface area contributed by atoms with Crippen molar-refractivity contribution in [2.45, 2.75) is 27.3 Å². The summed E-state index contributed by atoms with van der Waals surface area (Å²) >= 11 is 1.66. The number of aryl methyl sites for hydroxylation is 3. The Labute approximate surface area is 98.8 Å². The van der Waals surface area contributed by atoms with Crippen molar-refractivity contribution in [1.82, 2.24) is 15.0 Å². The first-order chi connectivity index (χ1) is 7.63. The molecular formula is C11H14N4S. The fourth-order valence-corrected chi connectivity index (χ4v) is 2.17. The van der Waals surface area contributed by atoms with E-state index in [2.05, 4.69) is 20.3 Å². The van der Waals surface area contributed by atoms with Crippen LogP contribution in [0.15, 0.2) is 11.4 Å². The largest absolute Gasteiger partial charge is 0.363 e. The van der Waals surface area contributed by atoms with Crippen LogP contribution in [0.25, 0.3) is 0 Å². The molecule has 2 rings (SSSR count). The van der Waals surface area contributed by atoms with Gasteiger partial charge in [0.1, 0.15) is 16.6 Å². The zero-order chi connectivity index (χ0) is 11.5. The van der Waals surface area contributed by atoms with Crippen LogP contribution in [0, 0.1) is 20.8 Å². The van der Waals surface area contributed by atoms with Gasteiger partial charge in [-0.1, -0.05) is 0 Å². The van der Waals surface area contributed by atoms with Gasteiger partial charge < -0.3 is 5.32 Å². The van der Waals surface area contributed by atoms with Crippen molar-refractivity contribution in [2.24, 2.45) is 0 Å². The lowest BCUT2D eigenvalue weighted by atomic mass is 10.4. The third kappa shape index (κ3) is 2.76. The minimum atomic E-state index is 0.717. The second kappa shape index (κ2) is 4.57. The summed E-state index contributed by atoms with van der Waals surface area (Å²) < 4.78 is 0. The number of rotatable bonds is 3. The highest BCUT2D eigenvalue weighted by molar-refractivity contribution is 7.09. The van der Waals surface area contributed by atoms with Gasteiger partial charge in [-0.3, -0.25) is 0 Å². The van der Waals surface area contributed by atoms with E-state index in [1.807, 2.05) is 32.2 Å². The maximum Gasteiger partial charge on any atom is 0.130 e. The molecule has 0 aliphatic heterocycles. The van der Waals surface area contributed by atoms with Crippen LogP contribution in [0.1, 0.15) is 22.2 Å². The van der Waals surface area contributed by atoms with Gasteiger partial charge in [-0.05, 0) is 20.8 Å². The molecule has 84 valence electrons. The van der Waals surface area contributed by atoms with Gasteiger partial charge in [0.25, 0.3) is 0 Å². The first kappa shape index (κ1) is 11.0. The Morgan fingerprint density at radius 3 is 2.56 bits per heavy atom. The minimum Gasteiger partial charge on any atom is -0.363 e. The van der Waals surface area contributed by atoms with Crippen molar-refractivity contribution < 1.29 is 0 Å². The zero-order valence-electron chi connectivity index (χ0n) is 9.61. The van der Waals surface area contributed by atoms with Crippen LogP contribution in [-0.2, 0) is 6.54 Å². The summed E-state index contributed by atoms with van der Waals surface area (Å²) in [5, 5.41) is 6.38. The Hall–Kier alpha value is -1.49. The number of aromatic nitrogens is 3. The lowest BCUT2D eigenvalue weighted by Crippen LogP contribution is -2.03. The maximum atomic E-state index is 4.38. The van der Waals surface area contributed by atoms with E-state index in [4.69, 9.17) is 0 Å². The summed E-state index contributed by atoms with van der Waals surface area (Å²) in [7, 11) is 0. The fraction of sp³-hybridized carbons (Fsp3) is 0.364. The Bertz CT molecular complexity index is 472. The average Bonchev–Trinajstić information content (AvgIpc) is 2.60. The Kier molecular flexibility index (Phi) is 3.14. The Morgan fingerprint density at radius 2 is 1.94 bits per heavy atom. The van der Waals surface area contributed by atoms with Crippen LogP contribution in [0.4, 0.5) is 5.82 Å². The molecule has 0 aliphatic carbocycles. The van der Waals surface area contributed by atoms with Crippen molar-refractivity contribution in [3.05, 3.63) is 33.7 Å². The third-order valence-corrected chi connectivity index (χ3v) is 3.02. The predicted molar refractivity (Wildman–Crippen MR) is 65.7 cm³/mol. The van der Waals surface area contributed by atoms with Gasteiger partial charge in [0, 0.05) is 22.8 Å². The van der Waals surface area contributed by atoms with Gasteiger partial charge in [0.2, 0.25) is 0 Å². The van der Waals surface area contributed by atoms with Crippen LogP contribution in [0.3, 0.4) is 0 Å². The lowest BCUT2D eigenvalue weighted by Gasteiger charge is -2.04. The SMILES string of the molecule is Cc1cc(NCc2nc(C)cs2)nc(C)n1. The molecule has 0 bridgehead atoms. The molecule has 16 heavy (non-hydrogen) atoms. The molecule has 2 heterocycles. The maximum absolute atomic E-state index is 4.38. The quantitative estimate of drug-likeness (QED) is 0.886. The average molecular weight is 234 g/mol. The fourth-order valence-electron chi connectivity index (χ4n) is 1.46. The van der Waals surface area contributed by atoms with E-state index < -0.39 is 0 Å². The first-order valence-electron chi connectivity index (χ1n) is 5.10. The molecule has 0 amide bonds. The zero-order valence-corrected chi connectivity index (χ0v) is 10.4. The molecule has 0 spiro atoms. The van der Waals surface area contributed by atoms with E-state index in [-0.39, 0.29) is 0 Å². The molecule has 0 aliphatic rings. The summed E-state index contributed by atoms with van der Waals surface area (Å²) in [6, 6.07) is 1.94. The summed E-state index contributed by atoms with van der Waals surface area (Å²) in [5.41, 5.74) is 2.04. The highest BCUT2D eigenvalue weighted by Gasteiger charge is 2.01. The van der Waals surface area contributed by atoms with Crippen molar-refractivity contribution in [3.63, 3.8) is 0 Å². The van der Waals surface area contributed by atoms with E-state index in [9.17, 15) is 0 Å². The van der Waals surface area contributed by atoms with Crippen LogP contribution < -0.4 is 5.32 Å². The number of thiazole rings is 1. The van der Waals surface area contributed by atoms with Crippen LogP contribution in [-0.4, -0.2) is 15.0 Å². The lowest BCUT2D eigenvalue weighted by molar-refractivity contribution is 0.984. The van der Waals surface area contributed by atoms with Crippen molar-refractivity contribution in [3.8, 4) is 0 Å². The third-order valence-electron chi connectivity index (χ3n) is 2.05. The molecule has 0 radical (unpaired) electrons. The number of nitrogens with zero attached hydrogens (tertiary/aromatic N) is 3. The second-order valence-electron chi connectivity index (χ2n) is 3.68.